The number of amides is 2. The average molecular weight is 497 g/mol. The van der Waals surface area contributed by atoms with Crippen molar-refractivity contribution in [2.24, 2.45) is 0 Å². The van der Waals surface area contributed by atoms with Crippen LogP contribution in [0.15, 0.2) is 18.2 Å². The Morgan fingerprint density at radius 1 is 1.23 bits per heavy atom. The van der Waals surface area contributed by atoms with Gasteiger partial charge < -0.3 is 35.7 Å². The number of hydrogen-bond acceptors (Lipinski definition) is 6. The van der Waals surface area contributed by atoms with Crippen LogP contribution < -0.4 is 45.3 Å². The van der Waals surface area contributed by atoms with E-state index in [4.69, 9.17) is 0 Å². The number of anilines is 1. The minimum Gasteiger partial charge on any atom is -0.550 e. The van der Waals surface area contributed by atoms with E-state index in [-0.39, 0.29) is 54.9 Å². The molecule has 0 aliphatic rings. The van der Waals surface area contributed by atoms with Crippen LogP contribution in [0.1, 0.15) is 59.1 Å². The van der Waals surface area contributed by atoms with E-state index in [9.17, 15) is 34.1 Å². The number of carboxylic acids is 1. The summed E-state index contributed by atoms with van der Waals surface area (Å²) in [5, 5.41) is 35.2. The molecule has 0 radical (unpaired) electrons. The Morgan fingerprint density at radius 3 is 2.54 bits per heavy atom. The predicted molar refractivity (Wildman–Crippen MR) is 123 cm³/mol. The second kappa shape index (κ2) is 14.2. The number of halogens is 1. The summed E-state index contributed by atoms with van der Waals surface area (Å²) in [6.07, 6.45) is -0.502. The van der Waals surface area contributed by atoms with Gasteiger partial charge in [-0.25, -0.2) is 4.39 Å². The number of rotatable bonds is 12. The van der Waals surface area contributed by atoms with E-state index in [1.54, 1.807) is 26.8 Å². The summed E-state index contributed by atoms with van der Waals surface area (Å²) in [6, 6.07) is 4.02. The van der Waals surface area contributed by atoms with Crippen LogP contribution in [-0.2, 0) is 9.59 Å². The van der Waals surface area contributed by atoms with Gasteiger partial charge in [0, 0.05) is 41.6 Å². The monoisotopic (exact) mass is 497 g/mol. The molecular weight excluding hydrogens is 468 g/mol. The van der Waals surface area contributed by atoms with Crippen LogP contribution in [0.25, 0.3) is 11.6 Å². The van der Waals surface area contributed by atoms with Gasteiger partial charge in [0.05, 0.1) is 17.8 Å². The van der Waals surface area contributed by atoms with Crippen molar-refractivity contribution in [3.05, 3.63) is 52.1 Å². The zero-order valence-electron chi connectivity index (χ0n) is 20.3. The standard InChI is InChI=1S/C24H30FN3O6.Na/c1-13(19-9-16(25)4-5-20(19)27-12-29)8-21-14(2)23(15(3)28-21)24(34)26-7-6-17(30)10-18(31)11-22(32)33;/h4-5,8-9,12,17-18,28,30-31H,6-7,10-11H2,1-3H3,(H,26,34)(H,27,29)(H,32,33);/q;+1/p-1/b13-8+;. The molecule has 2 unspecified atom stereocenters. The van der Waals surface area contributed by atoms with Crippen molar-refractivity contribution in [2.75, 3.05) is 11.9 Å². The van der Waals surface area contributed by atoms with E-state index >= 15 is 0 Å². The van der Waals surface area contributed by atoms with E-state index in [1.165, 1.54) is 18.2 Å². The van der Waals surface area contributed by atoms with Gasteiger partial charge in [-0.2, -0.15) is 0 Å². The minimum atomic E-state index is -1.40. The fourth-order valence-corrected chi connectivity index (χ4v) is 3.73. The van der Waals surface area contributed by atoms with Crippen LogP contribution in [0.2, 0.25) is 0 Å². The second-order valence-electron chi connectivity index (χ2n) is 8.11. The number of aliphatic carboxylic acids is 1. The summed E-state index contributed by atoms with van der Waals surface area (Å²) in [7, 11) is 0. The molecule has 0 spiro atoms. The molecule has 2 aromatic rings. The van der Waals surface area contributed by atoms with Gasteiger partial charge in [0.2, 0.25) is 6.41 Å². The van der Waals surface area contributed by atoms with Gasteiger partial charge >= 0.3 is 29.6 Å². The Morgan fingerprint density at radius 2 is 1.91 bits per heavy atom. The van der Waals surface area contributed by atoms with Gasteiger partial charge in [-0.05, 0) is 69.0 Å². The van der Waals surface area contributed by atoms with Crippen molar-refractivity contribution in [2.45, 2.75) is 52.2 Å². The van der Waals surface area contributed by atoms with Crippen molar-refractivity contribution >= 4 is 35.6 Å². The Kier molecular flexibility index (Phi) is 12.3. The number of benzene rings is 1. The summed E-state index contributed by atoms with van der Waals surface area (Å²) in [4.78, 5) is 37.2. The van der Waals surface area contributed by atoms with Crippen LogP contribution in [0.4, 0.5) is 10.1 Å². The Labute approximate surface area is 225 Å². The van der Waals surface area contributed by atoms with E-state index < -0.39 is 30.4 Å². The molecule has 0 aliphatic heterocycles. The van der Waals surface area contributed by atoms with Crippen molar-refractivity contribution < 1.29 is 63.7 Å². The zero-order chi connectivity index (χ0) is 25.4. The van der Waals surface area contributed by atoms with Gasteiger partial charge in [-0.1, -0.05) is 0 Å². The normalized spacial score (nSPS) is 12.9. The first-order valence-corrected chi connectivity index (χ1v) is 10.7. The van der Waals surface area contributed by atoms with Crippen LogP contribution in [0.3, 0.4) is 0 Å². The summed E-state index contributed by atoms with van der Waals surface area (Å²) in [5.41, 5.74) is 3.97. The maximum atomic E-state index is 13.8. The minimum absolute atomic E-state index is 0. The van der Waals surface area contributed by atoms with E-state index in [0.717, 1.165) is 0 Å². The number of carbonyl (C=O) groups is 3. The number of carbonyl (C=O) groups excluding carboxylic acids is 3. The number of aliphatic hydroxyl groups is 2. The molecule has 9 nitrogen and oxygen atoms in total. The Bertz CT molecular complexity index is 1090. The summed E-state index contributed by atoms with van der Waals surface area (Å²) in [5.74, 6) is -2.21. The number of aryl methyl sites for hydroxylation is 1. The molecular formula is C24H29FN3NaO6. The molecule has 0 aliphatic carbocycles. The topological polar surface area (TPSA) is 155 Å². The average Bonchev–Trinajstić information content (AvgIpc) is 3.01. The van der Waals surface area contributed by atoms with Crippen molar-refractivity contribution in [3.63, 3.8) is 0 Å². The molecule has 0 saturated heterocycles. The molecule has 0 bridgehead atoms. The number of aliphatic hydroxyl groups excluding tert-OH is 2. The van der Waals surface area contributed by atoms with Gasteiger partial charge in [0.15, 0.2) is 0 Å². The molecule has 11 heteroatoms. The molecule has 184 valence electrons. The quantitative estimate of drug-likeness (QED) is 0.174. The van der Waals surface area contributed by atoms with Crippen LogP contribution in [-0.4, -0.2) is 52.2 Å². The Balaban J connectivity index is 0.00000612. The van der Waals surface area contributed by atoms with E-state index in [0.29, 0.717) is 45.7 Å². The van der Waals surface area contributed by atoms with E-state index in [2.05, 4.69) is 15.6 Å². The molecule has 2 amide bonds. The number of hydrogen-bond donors (Lipinski definition) is 5. The molecule has 1 heterocycles. The number of H-pyrrole nitrogens is 1. The van der Waals surface area contributed by atoms with Crippen molar-refractivity contribution in [3.8, 4) is 0 Å². The molecule has 0 fully saturated rings. The second-order valence-corrected chi connectivity index (χ2v) is 8.11. The van der Waals surface area contributed by atoms with Crippen LogP contribution in [0.5, 0.6) is 0 Å². The fraction of sp³-hybridized carbons (Fsp3) is 0.375. The third kappa shape index (κ3) is 8.90. The molecule has 2 rings (SSSR count). The summed E-state index contributed by atoms with van der Waals surface area (Å²) < 4.78 is 13.8. The number of carboxylic acid groups (broad SMARTS) is 1. The van der Waals surface area contributed by atoms with Gasteiger partial charge in [0.1, 0.15) is 5.82 Å². The molecule has 35 heavy (non-hydrogen) atoms. The SMILES string of the molecule is C/C(=C\c1[nH]c(C)c(C(=O)NCCC(O)CC(O)CC(=O)[O-])c1C)c1cc(F)ccc1NC=O.[Na+]. The summed E-state index contributed by atoms with van der Waals surface area (Å²) >= 11 is 0. The van der Waals surface area contributed by atoms with Crippen LogP contribution in [0, 0.1) is 19.7 Å². The molecule has 0 saturated carbocycles. The first kappa shape index (κ1) is 30.5. The zero-order valence-corrected chi connectivity index (χ0v) is 22.3. The third-order valence-electron chi connectivity index (χ3n) is 5.39. The number of nitrogens with one attached hydrogen (secondary N) is 3. The first-order valence-electron chi connectivity index (χ1n) is 10.7. The van der Waals surface area contributed by atoms with E-state index in [1.807, 2.05) is 0 Å². The maximum absolute atomic E-state index is 13.8. The van der Waals surface area contributed by atoms with Gasteiger partial charge in [-0.15, -0.1) is 0 Å². The van der Waals surface area contributed by atoms with Crippen LogP contribution >= 0.6 is 0 Å². The fourth-order valence-electron chi connectivity index (χ4n) is 3.73. The van der Waals surface area contributed by atoms with Crippen molar-refractivity contribution in [1.82, 2.24) is 10.3 Å². The Hall–Kier alpha value is -2.50. The predicted octanol–water partition coefficient (Wildman–Crippen LogP) is -1.72. The molecule has 5 N–H and O–H groups in total. The molecule has 1 aromatic carbocycles. The smallest absolute Gasteiger partial charge is 0.550 e. The van der Waals surface area contributed by atoms with Gasteiger partial charge in [-0.3, -0.25) is 9.59 Å². The molecule has 1 aromatic heterocycles. The number of aromatic amines is 1. The number of aromatic nitrogens is 1. The molecule has 2 atom stereocenters. The van der Waals surface area contributed by atoms with Crippen molar-refractivity contribution in [1.29, 1.82) is 0 Å². The third-order valence-corrected chi connectivity index (χ3v) is 5.39. The summed E-state index contributed by atoms with van der Waals surface area (Å²) in [6.45, 7) is 5.38. The van der Waals surface area contributed by atoms with Gasteiger partial charge in [0.25, 0.3) is 5.91 Å². The maximum Gasteiger partial charge on any atom is 1.00 e. The first-order chi connectivity index (χ1) is 16.0. The largest absolute Gasteiger partial charge is 1.00 e. The number of allylic oxidation sites excluding steroid dienone is 1.